The number of hydrogen-bond acceptors (Lipinski definition) is 6. The first-order valence-electron chi connectivity index (χ1n) is 8.14. The first-order valence-corrected chi connectivity index (χ1v) is 8.14. The van der Waals surface area contributed by atoms with E-state index < -0.39 is 6.04 Å². The van der Waals surface area contributed by atoms with Gasteiger partial charge in [-0.05, 0) is 43.3 Å². The molecule has 0 aliphatic heterocycles. The van der Waals surface area contributed by atoms with Crippen molar-refractivity contribution in [3.05, 3.63) is 59.7 Å². The van der Waals surface area contributed by atoms with Crippen LogP contribution in [0.5, 0.6) is 11.5 Å². The zero-order valence-corrected chi connectivity index (χ0v) is 15.0. The van der Waals surface area contributed by atoms with E-state index in [0.717, 1.165) is 0 Å². The van der Waals surface area contributed by atoms with Gasteiger partial charge in [0, 0.05) is 11.6 Å². The smallest absolute Gasteiger partial charge is 0.255 e. The monoisotopic (exact) mass is 371 g/mol. The van der Waals surface area contributed by atoms with E-state index in [9.17, 15) is 9.18 Å². The average molecular weight is 371 g/mol. The highest BCUT2D eigenvalue weighted by molar-refractivity contribution is 5.97. The molecule has 0 saturated heterocycles. The number of nitrogens with zero attached hydrogens (tertiary/aromatic N) is 2. The van der Waals surface area contributed by atoms with Crippen LogP contribution in [0.15, 0.2) is 47.0 Å². The molecule has 1 N–H and O–H groups in total. The zero-order chi connectivity index (χ0) is 19.4. The maximum Gasteiger partial charge on any atom is 0.255 e. The maximum absolute atomic E-state index is 13.0. The number of rotatable bonds is 6. The van der Waals surface area contributed by atoms with Crippen molar-refractivity contribution in [2.45, 2.75) is 13.0 Å². The largest absolute Gasteiger partial charge is 0.497 e. The van der Waals surface area contributed by atoms with Crippen molar-refractivity contribution in [3.63, 3.8) is 0 Å². The van der Waals surface area contributed by atoms with E-state index in [-0.39, 0.29) is 17.6 Å². The van der Waals surface area contributed by atoms with E-state index in [0.29, 0.717) is 28.5 Å². The fraction of sp³-hybridized carbons (Fsp3) is 0.211. The van der Waals surface area contributed by atoms with E-state index >= 15 is 0 Å². The summed E-state index contributed by atoms with van der Waals surface area (Å²) in [6.07, 6.45) is 0. The number of amides is 1. The molecule has 8 heteroatoms. The van der Waals surface area contributed by atoms with E-state index in [1.807, 2.05) is 0 Å². The number of carbonyl (C=O) groups excluding carboxylic acids is 1. The van der Waals surface area contributed by atoms with E-state index in [1.165, 1.54) is 26.4 Å². The third kappa shape index (κ3) is 4.05. The summed E-state index contributed by atoms with van der Waals surface area (Å²) < 4.78 is 28.6. The molecule has 0 saturated carbocycles. The fourth-order valence-corrected chi connectivity index (χ4v) is 2.45. The normalized spacial score (nSPS) is 11.7. The summed E-state index contributed by atoms with van der Waals surface area (Å²) in [5, 5.41) is 6.66. The van der Waals surface area contributed by atoms with Gasteiger partial charge >= 0.3 is 0 Å². The Bertz CT molecular complexity index is 940. The third-order valence-corrected chi connectivity index (χ3v) is 3.92. The molecule has 3 rings (SSSR count). The lowest BCUT2D eigenvalue weighted by Gasteiger charge is -2.13. The molecule has 0 unspecified atom stereocenters. The van der Waals surface area contributed by atoms with Crippen molar-refractivity contribution in [2.24, 2.45) is 0 Å². The number of nitrogens with one attached hydrogen (secondary N) is 1. The molecular formula is C19H18FN3O4. The Kier molecular flexibility index (Phi) is 5.35. The summed E-state index contributed by atoms with van der Waals surface area (Å²) in [5.41, 5.74) is 0.963. The Balaban J connectivity index is 1.75. The predicted octanol–water partition coefficient (Wildman–Crippen LogP) is 3.38. The number of carbonyl (C=O) groups is 1. The lowest BCUT2D eigenvalue weighted by Crippen LogP contribution is -2.27. The molecule has 140 valence electrons. The summed E-state index contributed by atoms with van der Waals surface area (Å²) in [7, 11) is 3.01. The van der Waals surface area contributed by atoms with Gasteiger partial charge in [-0.25, -0.2) is 4.39 Å². The number of aromatic nitrogens is 2. The minimum absolute atomic E-state index is 0.232. The molecule has 0 spiro atoms. The second-order valence-corrected chi connectivity index (χ2v) is 5.72. The number of methoxy groups -OCH3 is 2. The lowest BCUT2D eigenvalue weighted by atomic mass is 10.1. The van der Waals surface area contributed by atoms with Crippen molar-refractivity contribution < 1.29 is 23.2 Å². The summed E-state index contributed by atoms with van der Waals surface area (Å²) in [6, 6.07) is 10.1. The Morgan fingerprint density at radius 2 is 1.89 bits per heavy atom. The third-order valence-electron chi connectivity index (χ3n) is 3.92. The number of ether oxygens (including phenoxy) is 2. The van der Waals surface area contributed by atoms with Gasteiger partial charge in [-0.3, -0.25) is 4.79 Å². The van der Waals surface area contributed by atoms with Crippen molar-refractivity contribution in [1.29, 1.82) is 0 Å². The quantitative estimate of drug-likeness (QED) is 0.715. The SMILES string of the molecule is COc1ccc(C(=O)N[C@@H](C)c2nc(-c3ccc(F)cc3)no2)c(OC)c1. The molecule has 3 aromatic rings. The molecule has 0 bridgehead atoms. The molecule has 7 nitrogen and oxygen atoms in total. The number of hydrogen-bond donors (Lipinski definition) is 1. The number of benzene rings is 2. The molecule has 27 heavy (non-hydrogen) atoms. The molecule has 1 heterocycles. The second-order valence-electron chi connectivity index (χ2n) is 5.72. The van der Waals surface area contributed by atoms with Gasteiger partial charge in [-0.1, -0.05) is 5.16 Å². The van der Waals surface area contributed by atoms with Crippen LogP contribution >= 0.6 is 0 Å². The predicted molar refractivity (Wildman–Crippen MR) is 95.1 cm³/mol. The topological polar surface area (TPSA) is 86.5 Å². The Morgan fingerprint density at radius 1 is 1.15 bits per heavy atom. The Morgan fingerprint density at radius 3 is 2.56 bits per heavy atom. The van der Waals surface area contributed by atoms with Gasteiger partial charge in [0.15, 0.2) is 0 Å². The first-order chi connectivity index (χ1) is 13.0. The minimum Gasteiger partial charge on any atom is -0.497 e. The van der Waals surface area contributed by atoms with Crippen LogP contribution in [0.4, 0.5) is 4.39 Å². The summed E-state index contributed by atoms with van der Waals surface area (Å²) in [5.74, 6) is 0.803. The van der Waals surface area contributed by atoms with Crippen molar-refractivity contribution in [1.82, 2.24) is 15.5 Å². The molecule has 0 radical (unpaired) electrons. The van der Waals surface area contributed by atoms with Crippen molar-refractivity contribution >= 4 is 5.91 Å². The van der Waals surface area contributed by atoms with Crippen LogP contribution in [0.3, 0.4) is 0 Å². The number of halogens is 1. The minimum atomic E-state index is -0.536. The molecule has 1 atom stereocenters. The van der Waals surface area contributed by atoms with Gasteiger partial charge in [-0.2, -0.15) is 4.98 Å². The van der Waals surface area contributed by atoms with Crippen molar-refractivity contribution in [3.8, 4) is 22.9 Å². The highest BCUT2D eigenvalue weighted by atomic mass is 19.1. The molecule has 2 aromatic carbocycles. The molecule has 1 aromatic heterocycles. The lowest BCUT2D eigenvalue weighted by molar-refractivity contribution is 0.0929. The summed E-state index contributed by atoms with van der Waals surface area (Å²) in [4.78, 5) is 16.8. The first kappa shape index (κ1) is 18.4. The van der Waals surface area contributed by atoms with E-state index in [2.05, 4.69) is 15.5 Å². The summed E-state index contributed by atoms with van der Waals surface area (Å²) >= 11 is 0. The van der Waals surface area contributed by atoms with Gasteiger partial charge < -0.3 is 19.3 Å². The van der Waals surface area contributed by atoms with Crippen LogP contribution in [0.1, 0.15) is 29.2 Å². The molecule has 0 fully saturated rings. The van der Waals surface area contributed by atoms with Crippen LogP contribution in [0.2, 0.25) is 0 Å². The second kappa shape index (κ2) is 7.86. The van der Waals surface area contributed by atoms with E-state index in [4.69, 9.17) is 14.0 Å². The van der Waals surface area contributed by atoms with Gasteiger partial charge in [-0.15, -0.1) is 0 Å². The molecule has 0 aliphatic rings. The van der Waals surface area contributed by atoms with Gasteiger partial charge in [0.25, 0.3) is 5.91 Å². The van der Waals surface area contributed by atoms with Crippen LogP contribution in [0.25, 0.3) is 11.4 Å². The molecule has 1 amide bonds. The standard InChI is InChI=1S/C19H18FN3O4/c1-11(19-22-17(23-27-19)12-4-6-13(20)7-5-12)21-18(24)15-9-8-14(25-2)10-16(15)26-3/h4-11H,1-3H3,(H,21,24)/t11-/m0/s1. The average Bonchev–Trinajstić information content (AvgIpc) is 3.18. The van der Waals surface area contributed by atoms with Crippen LogP contribution in [-0.4, -0.2) is 30.3 Å². The molecule has 0 aliphatic carbocycles. The van der Waals surface area contributed by atoms with Crippen LogP contribution < -0.4 is 14.8 Å². The van der Waals surface area contributed by atoms with Crippen LogP contribution in [-0.2, 0) is 0 Å². The molecular weight excluding hydrogens is 353 g/mol. The Labute approximate surface area is 155 Å². The van der Waals surface area contributed by atoms with Gasteiger partial charge in [0.1, 0.15) is 23.4 Å². The van der Waals surface area contributed by atoms with Gasteiger partial charge in [0.2, 0.25) is 11.7 Å². The fourth-order valence-electron chi connectivity index (χ4n) is 2.45. The van der Waals surface area contributed by atoms with Crippen molar-refractivity contribution in [2.75, 3.05) is 14.2 Å². The highest BCUT2D eigenvalue weighted by Crippen LogP contribution is 2.25. The maximum atomic E-state index is 13.0. The highest BCUT2D eigenvalue weighted by Gasteiger charge is 2.20. The zero-order valence-electron chi connectivity index (χ0n) is 15.0. The summed E-state index contributed by atoms with van der Waals surface area (Å²) in [6.45, 7) is 1.72. The van der Waals surface area contributed by atoms with Crippen LogP contribution in [0, 0.1) is 5.82 Å². The van der Waals surface area contributed by atoms with Gasteiger partial charge in [0.05, 0.1) is 19.8 Å². The van der Waals surface area contributed by atoms with E-state index in [1.54, 1.807) is 37.3 Å². The Hall–Kier alpha value is -3.42.